The number of carbonyl (C=O) groups excluding carboxylic acids is 2. The van der Waals surface area contributed by atoms with Gasteiger partial charge in [-0.15, -0.1) is 0 Å². The van der Waals surface area contributed by atoms with Crippen molar-refractivity contribution >= 4 is 11.6 Å². The Kier molecular flexibility index (Phi) is 4.99. The van der Waals surface area contributed by atoms with Gasteiger partial charge in [0.2, 0.25) is 0 Å². The lowest BCUT2D eigenvalue weighted by atomic mass is 10.2. The van der Waals surface area contributed by atoms with Gasteiger partial charge in [-0.1, -0.05) is 0 Å². The fraction of sp³-hybridized carbons (Fsp3) is 0.556. The molecule has 0 unspecified atom stereocenters. The zero-order valence-electron chi connectivity index (χ0n) is 8.13. The quantitative estimate of drug-likeness (QED) is 0.592. The number of hydrogen-bond donors (Lipinski definition) is 2. The van der Waals surface area contributed by atoms with Crippen LogP contribution in [0.25, 0.3) is 0 Å². The molecule has 0 aliphatic rings. The molecule has 0 aliphatic carbocycles. The number of aliphatic hydroxyl groups excluding tert-OH is 1. The summed E-state index contributed by atoms with van der Waals surface area (Å²) in [5.74, 6) is -0.246. The second kappa shape index (κ2) is 5.48. The fourth-order valence-corrected chi connectivity index (χ4v) is 0.897. The van der Waals surface area contributed by atoms with Gasteiger partial charge in [0.25, 0.3) is 0 Å². The average molecular weight is 185 g/mol. The van der Waals surface area contributed by atoms with Crippen molar-refractivity contribution in [3.05, 3.63) is 11.8 Å². The van der Waals surface area contributed by atoms with Gasteiger partial charge in [0.1, 0.15) is 6.04 Å². The van der Waals surface area contributed by atoms with Gasteiger partial charge in [0.05, 0.1) is 6.61 Å². The van der Waals surface area contributed by atoms with E-state index < -0.39 is 6.04 Å². The standard InChI is InChI=1S/C9H15NO3/c1-6(4-7(2)12)10-9(5-11)8(3)13/h4,9-11H,5H2,1-3H3/b6-4+/t9-/m0/s1. The van der Waals surface area contributed by atoms with Crippen molar-refractivity contribution in [3.8, 4) is 0 Å². The van der Waals surface area contributed by atoms with E-state index in [9.17, 15) is 9.59 Å². The molecule has 0 bridgehead atoms. The molecule has 0 aromatic heterocycles. The smallest absolute Gasteiger partial charge is 0.154 e. The molecule has 1 atom stereocenters. The lowest BCUT2D eigenvalue weighted by Gasteiger charge is -2.14. The Morgan fingerprint density at radius 3 is 2.23 bits per heavy atom. The summed E-state index contributed by atoms with van der Waals surface area (Å²) in [4.78, 5) is 21.5. The minimum atomic E-state index is -0.615. The van der Waals surface area contributed by atoms with Gasteiger partial charge >= 0.3 is 0 Å². The highest BCUT2D eigenvalue weighted by atomic mass is 16.3. The molecule has 0 amide bonds. The van der Waals surface area contributed by atoms with Crippen molar-refractivity contribution in [1.29, 1.82) is 0 Å². The number of hydrogen-bond acceptors (Lipinski definition) is 4. The predicted molar refractivity (Wildman–Crippen MR) is 49.1 cm³/mol. The molecule has 0 heterocycles. The van der Waals surface area contributed by atoms with Crippen LogP contribution in [0, 0.1) is 0 Å². The van der Waals surface area contributed by atoms with Gasteiger partial charge < -0.3 is 10.4 Å². The number of aliphatic hydroxyl groups is 1. The van der Waals surface area contributed by atoms with Crippen molar-refractivity contribution in [2.75, 3.05) is 6.61 Å². The minimum absolute atomic E-state index is 0.0924. The first-order chi connectivity index (χ1) is 5.97. The normalized spacial score (nSPS) is 13.7. The Labute approximate surface area is 77.6 Å². The van der Waals surface area contributed by atoms with Crippen LogP contribution >= 0.6 is 0 Å². The van der Waals surface area contributed by atoms with Crippen molar-refractivity contribution in [1.82, 2.24) is 5.32 Å². The first kappa shape index (κ1) is 11.8. The van der Waals surface area contributed by atoms with Crippen LogP contribution < -0.4 is 5.32 Å². The van der Waals surface area contributed by atoms with Gasteiger partial charge in [-0.25, -0.2) is 0 Å². The van der Waals surface area contributed by atoms with E-state index >= 15 is 0 Å². The van der Waals surface area contributed by atoms with Crippen LogP contribution in [-0.4, -0.2) is 29.3 Å². The van der Waals surface area contributed by atoms with E-state index in [4.69, 9.17) is 5.11 Å². The van der Waals surface area contributed by atoms with E-state index in [-0.39, 0.29) is 18.2 Å². The number of allylic oxidation sites excluding steroid dienone is 2. The summed E-state index contributed by atoms with van der Waals surface area (Å²) in [5, 5.41) is 11.5. The maximum Gasteiger partial charge on any atom is 0.154 e. The number of nitrogens with one attached hydrogen (secondary N) is 1. The first-order valence-electron chi connectivity index (χ1n) is 4.04. The zero-order chi connectivity index (χ0) is 10.4. The molecule has 0 aromatic rings. The molecule has 0 saturated heterocycles. The van der Waals surface area contributed by atoms with Crippen LogP contribution in [0.3, 0.4) is 0 Å². The molecule has 0 saturated carbocycles. The molecule has 13 heavy (non-hydrogen) atoms. The Morgan fingerprint density at radius 2 is 1.92 bits per heavy atom. The number of carbonyl (C=O) groups is 2. The predicted octanol–water partition coefficient (Wildman–Crippen LogP) is 0.0187. The van der Waals surface area contributed by atoms with Crippen LogP contribution in [0.5, 0.6) is 0 Å². The van der Waals surface area contributed by atoms with Gasteiger partial charge in [0.15, 0.2) is 11.6 Å². The topological polar surface area (TPSA) is 66.4 Å². The van der Waals surface area contributed by atoms with E-state index in [2.05, 4.69) is 5.32 Å². The molecule has 2 N–H and O–H groups in total. The molecule has 4 nitrogen and oxygen atoms in total. The van der Waals surface area contributed by atoms with Crippen LogP contribution in [-0.2, 0) is 9.59 Å². The number of ketones is 2. The maximum atomic E-state index is 10.9. The lowest BCUT2D eigenvalue weighted by molar-refractivity contribution is -0.119. The van der Waals surface area contributed by atoms with E-state index in [1.165, 1.54) is 19.9 Å². The fourth-order valence-electron chi connectivity index (χ4n) is 0.897. The summed E-state index contributed by atoms with van der Waals surface area (Å²) in [7, 11) is 0. The molecule has 74 valence electrons. The SMILES string of the molecule is CC(=O)/C=C(\C)N[C@@H](CO)C(C)=O. The van der Waals surface area contributed by atoms with Crippen LogP contribution in [0.15, 0.2) is 11.8 Å². The second-order valence-electron chi connectivity index (χ2n) is 2.93. The van der Waals surface area contributed by atoms with Crippen molar-refractivity contribution in [3.63, 3.8) is 0 Å². The first-order valence-corrected chi connectivity index (χ1v) is 4.04. The van der Waals surface area contributed by atoms with Gasteiger partial charge in [0, 0.05) is 5.70 Å². The third-order valence-electron chi connectivity index (χ3n) is 1.49. The summed E-state index contributed by atoms with van der Waals surface area (Å²) < 4.78 is 0. The second-order valence-corrected chi connectivity index (χ2v) is 2.93. The van der Waals surface area contributed by atoms with Crippen LogP contribution in [0.4, 0.5) is 0 Å². The van der Waals surface area contributed by atoms with Crippen molar-refractivity contribution in [2.24, 2.45) is 0 Å². The average Bonchev–Trinajstić information content (AvgIpc) is 1.98. The minimum Gasteiger partial charge on any atom is -0.394 e. The van der Waals surface area contributed by atoms with Crippen molar-refractivity contribution in [2.45, 2.75) is 26.8 Å². The lowest BCUT2D eigenvalue weighted by Crippen LogP contribution is -2.37. The summed E-state index contributed by atoms with van der Waals surface area (Å²) in [6.45, 7) is 4.22. The Hall–Kier alpha value is -1.16. The maximum absolute atomic E-state index is 10.9. The van der Waals surface area contributed by atoms with Crippen LogP contribution in [0.2, 0.25) is 0 Å². The van der Waals surface area contributed by atoms with Crippen molar-refractivity contribution < 1.29 is 14.7 Å². The van der Waals surface area contributed by atoms with E-state index in [0.29, 0.717) is 5.70 Å². The highest BCUT2D eigenvalue weighted by Crippen LogP contribution is 1.93. The molecular formula is C9H15NO3. The van der Waals surface area contributed by atoms with Gasteiger partial charge in [-0.05, 0) is 26.8 Å². The highest BCUT2D eigenvalue weighted by Gasteiger charge is 2.11. The Balaban J connectivity index is 4.24. The van der Waals surface area contributed by atoms with Gasteiger partial charge in [-0.3, -0.25) is 9.59 Å². The molecular weight excluding hydrogens is 170 g/mol. The summed E-state index contributed by atoms with van der Waals surface area (Å²) in [6, 6.07) is -0.615. The molecule has 0 fully saturated rings. The molecule has 0 radical (unpaired) electrons. The Bertz CT molecular complexity index is 233. The van der Waals surface area contributed by atoms with E-state index in [1.807, 2.05) is 0 Å². The summed E-state index contributed by atoms with van der Waals surface area (Å²) in [6.07, 6.45) is 1.38. The zero-order valence-corrected chi connectivity index (χ0v) is 8.13. The third-order valence-corrected chi connectivity index (χ3v) is 1.49. The third kappa shape index (κ3) is 5.14. The summed E-state index contributed by atoms with van der Waals surface area (Å²) >= 11 is 0. The molecule has 0 aromatic carbocycles. The Morgan fingerprint density at radius 1 is 1.38 bits per heavy atom. The van der Waals surface area contributed by atoms with Gasteiger partial charge in [-0.2, -0.15) is 0 Å². The van der Waals surface area contributed by atoms with Crippen LogP contribution in [0.1, 0.15) is 20.8 Å². The number of rotatable bonds is 5. The largest absolute Gasteiger partial charge is 0.394 e. The summed E-state index contributed by atoms with van der Waals surface area (Å²) in [5.41, 5.74) is 0.585. The van der Waals surface area contributed by atoms with E-state index in [1.54, 1.807) is 6.92 Å². The highest BCUT2D eigenvalue weighted by molar-refractivity contribution is 5.88. The monoisotopic (exact) mass is 185 g/mol. The van der Waals surface area contributed by atoms with E-state index in [0.717, 1.165) is 0 Å². The number of Topliss-reactive ketones (excluding diaryl/α,β-unsaturated/α-hetero) is 1. The molecule has 0 aliphatic heterocycles. The molecule has 0 spiro atoms. The molecule has 4 heteroatoms. The molecule has 0 rings (SSSR count).